The van der Waals surface area contributed by atoms with E-state index in [2.05, 4.69) is 0 Å². The fraction of sp³-hybridized carbons (Fsp3) is 0.929. The van der Waals surface area contributed by atoms with Crippen LogP contribution in [0.4, 0.5) is 0 Å². The highest BCUT2D eigenvalue weighted by Gasteiger charge is 2.30. The minimum Gasteiger partial charge on any atom is -0.462 e. The molecule has 0 saturated heterocycles. The van der Waals surface area contributed by atoms with Crippen LogP contribution in [-0.2, 0) is 9.53 Å². The van der Waals surface area contributed by atoms with Crippen molar-refractivity contribution < 1.29 is 14.6 Å². The van der Waals surface area contributed by atoms with Gasteiger partial charge in [-0.1, -0.05) is 20.8 Å². The van der Waals surface area contributed by atoms with Crippen LogP contribution in [0.2, 0.25) is 0 Å². The van der Waals surface area contributed by atoms with Crippen LogP contribution in [-0.4, -0.2) is 22.8 Å². The van der Waals surface area contributed by atoms with Gasteiger partial charge >= 0.3 is 5.97 Å². The Bertz CT molecular complexity index is 252. The van der Waals surface area contributed by atoms with Crippen LogP contribution < -0.4 is 0 Å². The molecule has 1 saturated carbocycles. The minimum absolute atomic E-state index is 0.0108. The number of carbonyl (C=O) groups excluding carboxylic acids is 1. The Morgan fingerprint density at radius 1 is 1.41 bits per heavy atom. The van der Waals surface area contributed by atoms with Gasteiger partial charge in [-0.25, -0.2) is 0 Å². The van der Waals surface area contributed by atoms with Crippen LogP contribution >= 0.6 is 0 Å². The number of esters is 1. The molecular weight excluding hydrogens is 216 g/mol. The van der Waals surface area contributed by atoms with Crippen molar-refractivity contribution in [1.29, 1.82) is 0 Å². The van der Waals surface area contributed by atoms with Crippen molar-refractivity contribution in [3.8, 4) is 0 Å². The van der Waals surface area contributed by atoms with Gasteiger partial charge in [-0.3, -0.25) is 4.79 Å². The molecule has 1 aliphatic carbocycles. The molecule has 3 heteroatoms. The van der Waals surface area contributed by atoms with E-state index < -0.39 is 5.60 Å². The molecule has 1 rings (SSSR count). The van der Waals surface area contributed by atoms with Gasteiger partial charge in [0.25, 0.3) is 0 Å². The molecule has 0 radical (unpaired) electrons. The zero-order valence-corrected chi connectivity index (χ0v) is 11.4. The molecule has 1 aliphatic rings. The van der Waals surface area contributed by atoms with E-state index in [1.807, 2.05) is 20.8 Å². The maximum atomic E-state index is 11.7. The highest BCUT2D eigenvalue weighted by atomic mass is 16.5. The predicted molar refractivity (Wildman–Crippen MR) is 67.7 cm³/mol. The maximum absolute atomic E-state index is 11.7. The Morgan fingerprint density at radius 3 is 2.71 bits per heavy atom. The number of rotatable bonds is 4. The van der Waals surface area contributed by atoms with E-state index in [0.29, 0.717) is 0 Å². The first kappa shape index (κ1) is 14.5. The monoisotopic (exact) mass is 242 g/mol. The van der Waals surface area contributed by atoms with Crippen LogP contribution in [0.1, 0.15) is 65.7 Å². The van der Waals surface area contributed by atoms with Gasteiger partial charge < -0.3 is 9.84 Å². The molecule has 0 amide bonds. The van der Waals surface area contributed by atoms with Gasteiger partial charge in [0.05, 0.1) is 11.5 Å². The molecule has 3 atom stereocenters. The number of hydrogen-bond acceptors (Lipinski definition) is 3. The van der Waals surface area contributed by atoms with Crippen LogP contribution in [0.3, 0.4) is 0 Å². The molecule has 0 aromatic rings. The molecule has 0 aromatic carbocycles. The first-order chi connectivity index (χ1) is 8.00. The summed E-state index contributed by atoms with van der Waals surface area (Å²) in [6.07, 6.45) is 5.85. The quantitative estimate of drug-likeness (QED) is 0.609. The van der Waals surface area contributed by atoms with Gasteiger partial charge in [-0.05, 0) is 44.9 Å². The summed E-state index contributed by atoms with van der Waals surface area (Å²) in [7, 11) is 0. The molecule has 100 valence electrons. The Hall–Kier alpha value is -0.570. The van der Waals surface area contributed by atoms with E-state index >= 15 is 0 Å². The van der Waals surface area contributed by atoms with Gasteiger partial charge in [0, 0.05) is 0 Å². The largest absolute Gasteiger partial charge is 0.462 e. The number of hydrogen-bond donors (Lipinski definition) is 1. The van der Waals surface area contributed by atoms with Gasteiger partial charge in [-0.15, -0.1) is 0 Å². The summed E-state index contributed by atoms with van der Waals surface area (Å²) in [6.45, 7) is 5.92. The van der Waals surface area contributed by atoms with E-state index in [1.54, 1.807) is 0 Å². The zero-order valence-electron chi connectivity index (χ0n) is 11.4. The third-order valence-corrected chi connectivity index (χ3v) is 4.06. The lowest BCUT2D eigenvalue weighted by Crippen LogP contribution is -2.27. The Labute approximate surface area is 105 Å². The summed E-state index contributed by atoms with van der Waals surface area (Å²) >= 11 is 0. The zero-order chi connectivity index (χ0) is 12.9. The van der Waals surface area contributed by atoms with E-state index in [4.69, 9.17) is 4.74 Å². The van der Waals surface area contributed by atoms with Crippen LogP contribution in [0.15, 0.2) is 0 Å². The van der Waals surface area contributed by atoms with Crippen molar-refractivity contribution in [2.24, 2.45) is 5.92 Å². The fourth-order valence-electron chi connectivity index (χ4n) is 2.28. The number of aliphatic hydroxyl groups is 1. The molecule has 0 bridgehead atoms. The summed E-state index contributed by atoms with van der Waals surface area (Å²) in [5, 5.41) is 10.2. The molecule has 3 unspecified atom stereocenters. The van der Waals surface area contributed by atoms with Crippen molar-refractivity contribution in [2.45, 2.75) is 77.4 Å². The second kappa shape index (κ2) is 6.39. The molecule has 1 fully saturated rings. The third kappa shape index (κ3) is 4.30. The van der Waals surface area contributed by atoms with Crippen molar-refractivity contribution in [3.05, 3.63) is 0 Å². The Morgan fingerprint density at radius 2 is 2.12 bits per heavy atom. The minimum atomic E-state index is -0.530. The van der Waals surface area contributed by atoms with Gasteiger partial charge in [0.2, 0.25) is 0 Å². The number of ether oxygens (including phenoxy) is 1. The van der Waals surface area contributed by atoms with E-state index in [9.17, 15) is 9.90 Å². The number of carbonyl (C=O) groups is 1. The molecule has 17 heavy (non-hydrogen) atoms. The normalized spacial score (nSPS) is 31.6. The average Bonchev–Trinajstić information content (AvgIpc) is 2.51. The van der Waals surface area contributed by atoms with E-state index in [1.165, 1.54) is 0 Å². The van der Waals surface area contributed by atoms with Gasteiger partial charge in [-0.2, -0.15) is 0 Å². The maximum Gasteiger partial charge on any atom is 0.308 e. The third-order valence-electron chi connectivity index (χ3n) is 4.06. The summed E-state index contributed by atoms with van der Waals surface area (Å²) in [5.74, 6) is -0.0947. The molecule has 0 aliphatic heterocycles. The van der Waals surface area contributed by atoms with Crippen LogP contribution in [0.5, 0.6) is 0 Å². The average molecular weight is 242 g/mol. The molecule has 0 aromatic heterocycles. The first-order valence-electron chi connectivity index (χ1n) is 6.93. The highest BCUT2D eigenvalue weighted by Crippen LogP contribution is 2.31. The van der Waals surface area contributed by atoms with Gasteiger partial charge in [0.15, 0.2) is 0 Å². The lowest BCUT2D eigenvalue weighted by Gasteiger charge is -2.24. The van der Waals surface area contributed by atoms with Crippen molar-refractivity contribution >= 4 is 5.97 Å². The summed E-state index contributed by atoms with van der Waals surface area (Å²) in [5.41, 5.74) is -0.530. The molecular formula is C14H26O3. The fourth-order valence-corrected chi connectivity index (χ4v) is 2.28. The smallest absolute Gasteiger partial charge is 0.308 e. The predicted octanol–water partition coefficient (Wildman–Crippen LogP) is 3.05. The standard InChI is InChI=1S/C14H26O3/c1-4-11(3)13(15)17-12-7-6-9-14(16,5-2)10-8-12/h11-12,16H,4-10H2,1-3H3. The molecule has 0 heterocycles. The summed E-state index contributed by atoms with van der Waals surface area (Å²) in [6, 6.07) is 0. The Balaban J connectivity index is 2.44. The van der Waals surface area contributed by atoms with Crippen LogP contribution in [0, 0.1) is 5.92 Å². The lowest BCUT2D eigenvalue weighted by molar-refractivity contribution is -0.154. The summed E-state index contributed by atoms with van der Waals surface area (Å²) in [4.78, 5) is 11.7. The second-order valence-corrected chi connectivity index (χ2v) is 5.38. The van der Waals surface area contributed by atoms with Crippen molar-refractivity contribution in [1.82, 2.24) is 0 Å². The van der Waals surface area contributed by atoms with Crippen molar-refractivity contribution in [2.75, 3.05) is 0 Å². The lowest BCUT2D eigenvalue weighted by atomic mass is 9.92. The molecule has 3 nitrogen and oxygen atoms in total. The van der Waals surface area contributed by atoms with Crippen molar-refractivity contribution in [3.63, 3.8) is 0 Å². The highest BCUT2D eigenvalue weighted by molar-refractivity contribution is 5.72. The SMILES string of the molecule is CCC(C)C(=O)OC1CCCC(O)(CC)CC1. The topological polar surface area (TPSA) is 46.5 Å². The first-order valence-corrected chi connectivity index (χ1v) is 6.93. The van der Waals surface area contributed by atoms with Crippen LogP contribution in [0.25, 0.3) is 0 Å². The second-order valence-electron chi connectivity index (χ2n) is 5.38. The van der Waals surface area contributed by atoms with Gasteiger partial charge in [0.1, 0.15) is 6.10 Å². The molecule has 1 N–H and O–H groups in total. The van der Waals surface area contributed by atoms with E-state index in [0.717, 1.165) is 44.9 Å². The van der Waals surface area contributed by atoms with E-state index in [-0.39, 0.29) is 18.0 Å². The summed E-state index contributed by atoms with van der Waals surface area (Å²) < 4.78 is 5.51. The molecule has 0 spiro atoms. The Kier molecular flexibility index (Phi) is 5.44.